The molecule has 0 radical (unpaired) electrons. The van der Waals surface area contributed by atoms with E-state index in [1.807, 2.05) is 0 Å². The van der Waals surface area contributed by atoms with E-state index in [0.29, 0.717) is 6.54 Å². The van der Waals surface area contributed by atoms with Gasteiger partial charge in [0, 0.05) is 6.54 Å². The summed E-state index contributed by atoms with van der Waals surface area (Å²) in [6.07, 6.45) is 0. The average molecular weight is 233 g/mol. The van der Waals surface area contributed by atoms with Gasteiger partial charge in [-0.25, -0.2) is 0 Å². The molecule has 7 nitrogen and oxygen atoms in total. The zero-order chi connectivity index (χ0) is 12.3. The summed E-state index contributed by atoms with van der Waals surface area (Å²) in [6, 6.07) is 6.52. The molecule has 5 N–H and O–H groups in total. The van der Waals surface area contributed by atoms with Gasteiger partial charge in [-0.05, 0) is 17.7 Å². The van der Waals surface area contributed by atoms with Crippen LogP contribution >= 0.6 is 0 Å². The summed E-state index contributed by atoms with van der Waals surface area (Å²) in [5.74, 6) is -0.105. The molecule has 0 saturated heterocycles. The minimum absolute atomic E-state index is 0.0276. The fraction of sp³-hybridized carbons (Fsp3) is 0.100. The largest absolute Gasteiger partial charge is 0.508 e. The van der Waals surface area contributed by atoms with E-state index < -0.39 is 0 Å². The van der Waals surface area contributed by atoms with Crippen LogP contribution in [0.1, 0.15) is 16.2 Å². The number of H-pyrrole nitrogens is 1. The summed E-state index contributed by atoms with van der Waals surface area (Å²) in [5, 5.41) is 17.7. The van der Waals surface area contributed by atoms with Gasteiger partial charge in [-0.3, -0.25) is 9.89 Å². The number of aromatic nitrogens is 3. The van der Waals surface area contributed by atoms with Gasteiger partial charge < -0.3 is 16.2 Å². The smallest absolute Gasteiger partial charge is 0.288 e. The first-order valence-corrected chi connectivity index (χ1v) is 4.89. The van der Waals surface area contributed by atoms with Crippen LogP contribution in [0.3, 0.4) is 0 Å². The number of phenolic OH excluding ortho intramolecular Hbond substituents is 1. The maximum atomic E-state index is 11.5. The van der Waals surface area contributed by atoms with Gasteiger partial charge in [0.15, 0.2) is 0 Å². The molecule has 1 heterocycles. The number of aromatic amines is 1. The number of hydrogen-bond donors (Lipinski definition) is 4. The molecule has 0 aliphatic carbocycles. The summed E-state index contributed by atoms with van der Waals surface area (Å²) in [4.78, 5) is 15.2. The molecule has 0 fully saturated rings. The molecular formula is C10H11N5O2. The Hall–Kier alpha value is -2.57. The lowest BCUT2D eigenvalue weighted by Crippen LogP contribution is -2.24. The first-order valence-electron chi connectivity index (χ1n) is 4.89. The van der Waals surface area contributed by atoms with Crippen molar-refractivity contribution in [3.8, 4) is 5.75 Å². The summed E-state index contributed by atoms with van der Waals surface area (Å²) >= 11 is 0. The van der Waals surface area contributed by atoms with Crippen molar-refractivity contribution in [3.63, 3.8) is 0 Å². The van der Waals surface area contributed by atoms with Crippen LogP contribution in [0.5, 0.6) is 5.75 Å². The van der Waals surface area contributed by atoms with Gasteiger partial charge in [0.2, 0.25) is 11.8 Å². The van der Waals surface area contributed by atoms with Crippen LogP contribution in [-0.4, -0.2) is 26.2 Å². The Labute approximate surface area is 96.7 Å². The Morgan fingerprint density at radius 2 is 2.12 bits per heavy atom. The molecule has 0 aliphatic rings. The number of phenols is 1. The number of carbonyl (C=O) groups excluding carboxylic acids is 1. The van der Waals surface area contributed by atoms with E-state index in [1.54, 1.807) is 24.3 Å². The maximum absolute atomic E-state index is 11.5. The second-order valence-corrected chi connectivity index (χ2v) is 3.39. The molecule has 7 heteroatoms. The third kappa shape index (κ3) is 2.71. The quantitative estimate of drug-likeness (QED) is 0.596. The van der Waals surface area contributed by atoms with Gasteiger partial charge in [-0.1, -0.05) is 12.1 Å². The molecular weight excluding hydrogens is 222 g/mol. The Morgan fingerprint density at radius 3 is 2.71 bits per heavy atom. The van der Waals surface area contributed by atoms with Crippen molar-refractivity contribution in [2.45, 2.75) is 6.54 Å². The fourth-order valence-electron chi connectivity index (χ4n) is 1.26. The van der Waals surface area contributed by atoms with Crippen LogP contribution in [0.4, 0.5) is 5.95 Å². The molecule has 0 saturated carbocycles. The maximum Gasteiger partial charge on any atom is 0.288 e. The number of carbonyl (C=O) groups is 1. The minimum atomic E-state index is -0.387. The molecule has 2 rings (SSSR count). The highest BCUT2D eigenvalue weighted by atomic mass is 16.3. The Morgan fingerprint density at radius 1 is 1.41 bits per heavy atom. The molecule has 0 atom stereocenters. The lowest BCUT2D eigenvalue weighted by Gasteiger charge is -2.02. The standard InChI is InChI=1S/C10H11N5O2/c11-10-13-8(14-15-10)9(17)12-5-6-1-3-7(16)4-2-6/h1-4,16H,5H2,(H,12,17)(H3,11,13,14,15). The van der Waals surface area contributed by atoms with E-state index in [9.17, 15) is 4.79 Å². The number of anilines is 1. The number of amides is 1. The van der Waals surface area contributed by atoms with Crippen molar-refractivity contribution in [1.29, 1.82) is 0 Å². The van der Waals surface area contributed by atoms with Crippen molar-refractivity contribution in [1.82, 2.24) is 20.5 Å². The summed E-state index contributed by atoms with van der Waals surface area (Å²) in [5.41, 5.74) is 6.14. The number of benzene rings is 1. The number of nitrogen functional groups attached to an aromatic ring is 1. The minimum Gasteiger partial charge on any atom is -0.508 e. The van der Waals surface area contributed by atoms with Crippen LogP contribution in [0.15, 0.2) is 24.3 Å². The van der Waals surface area contributed by atoms with Crippen LogP contribution in [-0.2, 0) is 6.54 Å². The predicted octanol–water partition coefficient (Wildman–Crippen LogP) is 0.0225. The van der Waals surface area contributed by atoms with Gasteiger partial charge >= 0.3 is 0 Å². The fourth-order valence-corrected chi connectivity index (χ4v) is 1.26. The van der Waals surface area contributed by atoms with Gasteiger partial charge in [0.1, 0.15) is 5.75 Å². The van der Waals surface area contributed by atoms with E-state index in [0.717, 1.165) is 5.56 Å². The monoisotopic (exact) mass is 233 g/mol. The lowest BCUT2D eigenvalue weighted by molar-refractivity contribution is 0.0941. The van der Waals surface area contributed by atoms with E-state index >= 15 is 0 Å². The Kier molecular flexibility index (Phi) is 2.91. The average Bonchev–Trinajstić information content (AvgIpc) is 2.75. The summed E-state index contributed by atoms with van der Waals surface area (Å²) in [6.45, 7) is 0.333. The van der Waals surface area contributed by atoms with Gasteiger partial charge in [0.25, 0.3) is 5.91 Å². The molecule has 1 aromatic heterocycles. The number of hydrogen-bond acceptors (Lipinski definition) is 5. The van der Waals surface area contributed by atoms with Crippen molar-refractivity contribution >= 4 is 11.9 Å². The summed E-state index contributed by atoms with van der Waals surface area (Å²) < 4.78 is 0. The van der Waals surface area contributed by atoms with Crippen molar-refractivity contribution < 1.29 is 9.90 Å². The highest BCUT2D eigenvalue weighted by Gasteiger charge is 2.09. The topological polar surface area (TPSA) is 117 Å². The molecule has 1 amide bonds. The van der Waals surface area contributed by atoms with Crippen LogP contribution in [0.2, 0.25) is 0 Å². The molecule has 0 aliphatic heterocycles. The molecule has 17 heavy (non-hydrogen) atoms. The van der Waals surface area contributed by atoms with Crippen molar-refractivity contribution in [2.24, 2.45) is 0 Å². The molecule has 88 valence electrons. The highest BCUT2D eigenvalue weighted by molar-refractivity contribution is 5.90. The van der Waals surface area contributed by atoms with Crippen molar-refractivity contribution in [2.75, 3.05) is 5.73 Å². The van der Waals surface area contributed by atoms with E-state index in [2.05, 4.69) is 20.5 Å². The second kappa shape index (κ2) is 4.52. The molecule has 0 unspecified atom stereocenters. The molecule has 2 aromatic rings. The number of aromatic hydroxyl groups is 1. The lowest BCUT2D eigenvalue weighted by atomic mass is 10.2. The summed E-state index contributed by atoms with van der Waals surface area (Å²) in [7, 11) is 0. The zero-order valence-electron chi connectivity index (χ0n) is 8.84. The zero-order valence-corrected chi connectivity index (χ0v) is 8.84. The second-order valence-electron chi connectivity index (χ2n) is 3.39. The predicted molar refractivity (Wildman–Crippen MR) is 60.1 cm³/mol. The first-order chi connectivity index (χ1) is 8.15. The molecule has 0 spiro atoms. The normalized spacial score (nSPS) is 10.1. The number of nitrogens with one attached hydrogen (secondary N) is 2. The van der Waals surface area contributed by atoms with Crippen molar-refractivity contribution in [3.05, 3.63) is 35.7 Å². The molecule has 1 aromatic carbocycles. The van der Waals surface area contributed by atoms with Gasteiger partial charge in [-0.15, -0.1) is 5.10 Å². The third-order valence-corrected chi connectivity index (χ3v) is 2.11. The Bertz CT molecular complexity index is 520. The number of nitrogens with two attached hydrogens (primary N) is 1. The Balaban J connectivity index is 1.94. The number of rotatable bonds is 3. The van der Waals surface area contributed by atoms with E-state index in [1.165, 1.54) is 0 Å². The highest BCUT2D eigenvalue weighted by Crippen LogP contribution is 2.09. The third-order valence-electron chi connectivity index (χ3n) is 2.11. The van der Waals surface area contributed by atoms with Crippen LogP contribution in [0, 0.1) is 0 Å². The van der Waals surface area contributed by atoms with Gasteiger partial charge in [0.05, 0.1) is 0 Å². The molecule has 0 bridgehead atoms. The van der Waals surface area contributed by atoms with Crippen LogP contribution < -0.4 is 11.1 Å². The van der Waals surface area contributed by atoms with Crippen LogP contribution in [0.25, 0.3) is 0 Å². The first kappa shape index (κ1) is 10.9. The van der Waals surface area contributed by atoms with E-state index in [-0.39, 0.29) is 23.4 Å². The van der Waals surface area contributed by atoms with Gasteiger partial charge in [-0.2, -0.15) is 4.98 Å². The SMILES string of the molecule is Nc1n[nH]c(C(=O)NCc2ccc(O)cc2)n1. The number of nitrogens with zero attached hydrogens (tertiary/aromatic N) is 2. The van der Waals surface area contributed by atoms with E-state index in [4.69, 9.17) is 10.8 Å².